The maximum absolute atomic E-state index is 8.87. The quantitative estimate of drug-likeness (QED) is 0.492. The van der Waals surface area contributed by atoms with Crippen LogP contribution in [0.1, 0.15) is 26.7 Å². The van der Waals surface area contributed by atoms with Gasteiger partial charge in [-0.15, -0.1) is 0 Å². The van der Waals surface area contributed by atoms with Gasteiger partial charge in [-0.3, -0.25) is 5.32 Å². The van der Waals surface area contributed by atoms with Crippen LogP contribution in [0.25, 0.3) is 0 Å². The van der Waals surface area contributed by atoms with Crippen LogP contribution in [0.3, 0.4) is 0 Å². The minimum Gasteiger partial charge on any atom is -0.396 e. The molecule has 0 aromatic carbocycles. The highest BCUT2D eigenvalue weighted by Gasteiger charge is 2.05. The van der Waals surface area contributed by atoms with Gasteiger partial charge in [-0.05, 0) is 19.3 Å². The van der Waals surface area contributed by atoms with Gasteiger partial charge >= 0.3 is 0 Å². The van der Waals surface area contributed by atoms with Gasteiger partial charge in [0.1, 0.15) is 6.23 Å². The highest BCUT2D eigenvalue weighted by Crippen LogP contribution is 2.03. The van der Waals surface area contributed by atoms with Crippen molar-refractivity contribution >= 4 is 0 Å². The molecule has 0 bridgehead atoms. The topological polar surface area (TPSA) is 52.5 Å². The van der Waals surface area contributed by atoms with Crippen molar-refractivity contribution in [1.82, 2.24) is 5.32 Å². The standard InChI is InChI=1S/C8H19NO2/c1-3-4-8(6-10)5-9-7(2)11/h7-11H,3-6H2,1-2H3. The van der Waals surface area contributed by atoms with Gasteiger partial charge < -0.3 is 10.2 Å². The first-order chi connectivity index (χ1) is 5.20. The molecule has 68 valence electrons. The third-order valence-electron chi connectivity index (χ3n) is 1.66. The summed E-state index contributed by atoms with van der Waals surface area (Å²) in [5, 5.41) is 20.6. The third-order valence-corrected chi connectivity index (χ3v) is 1.66. The van der Waals surface area contributed by atoms with Crippen LogP contribution in [0, 0.1) is 5.92 Å². The third kappa shape index (κ3) is 6.28. The summed E-state index contributed by atoms with van der Waals surface area (Å²) in [6, 6.07) is 0. The van der Waals surface area contributed by atoms with Crippen molar-refractivity contribution in [2.45, 2.75) is 32.9 Å². The molecular formula is C8H19NO2. The van der Waals surface area contributed by atoms with Crippen molar-refractivity contribution in [2.24, 2.45) is 5.92 Å². The zero-order valence-electron chi connectivity index (χ0n) is 7.38. The molecule has 11 heavy (non-hydrogen) atoms. The monoisotopic (exact) mass is 161 g/mol. The molecule has 3 N–H and O–H groups in total. The van der Waals surface area contributed by atoms with Gasteiger partial charge in [-0.25, -0.2) is 0 Å². The number of hydrogen-bond donors (Lipinski definition) is 3. The van der Waals surface area contributed by atoms with E-state index in [4.69, 9.17) is 10.2 Å². The van der Waals surface area contributed by atoms with Crippen molar-refractivity contribution in [3.63, 3.8) is 0 Å². The fraction of sp³-hybridized carbons (Fsp3) is 1.00. The minimum absolute atomic E-state index is 0.202. The lowest BCUT2D eigenvalue weighted by Crippen LogP contribution is -2.32. The molecule has 0 saturated heterocycles. The van der Waals surface area contributed by atoms with E-state index in [1.54, 1.807) is 6.92 Å². The SMILES string of the molecule is CCCC(CO)CNC(C)O. The average molecular weight is 161 g/mol. The van der Waals surface area contributed by atoms with Crippen molar-refractivity contribution in [2.75, 3.05) is 13.2 Å². The lowest BCUT2D eigenvalue weighted by molar-refractivity contribution is 0.135. The molecular weight excluding hydrogens is 142 g/mol. The predicted octanol–water partition coefficient (Wildman–Crippen LogP) is 0.323. The molecule has 3 nitrogen and oxygen atoms in total. The van der Waals surface area contributed by atoms with Gasteiger partial charge in [0.05, 0.1) is 0 Å². The lowest BCUT2D eigenvalue weighted by atomic mass is 10.1. The molecule has 0 fully saturated rings. The fourth-order valence-electron chi connectivity index (χ4n) is 1.00. The zero-order chi connectivity index (χ0) is 8.69. The van der Waals surface area contributed by atoms with Crippen LogP contribution in [0.15, 0.2) is 0 Å². The Labute approximate surface area is 68.4 Å². The number of hydrogen-bond acceptors (Lipinski definition) is 3. The fourth-order valence-corrected chi connectivity index (χ4v) is 1.00. The molecule has 0 aromatic heterocycles. The van der Waals surface area contributed by atoms with E-state index in [1.165, 1.54) is 0 Å². The Bertz CT molecular complexity index is 86.2. The van der Waals surface area contributed by atoms with Crippen LogP contribution in [-0.2, 0) is 0 Å². The summed E-state index contributed by atoms with van der Waals surface area (Å²) in [6.45, 7) is 4.67. The van der Waals surface area contributed by atoms with Gasteiger partial charge in [0, 0.05) is 13.2 Å². The summed E-state index contributed by atoms with van der Waals surface area (Å²) >= 11 is 0. The Morgan fingerprint density at radius 1 is 1.45 bits per heavy atom. The first-order valence-electron chi connectivity index (χ1n) is 4.23. The largest absolute Gasteiger partial charge is 0.396 e. The maximum atomic E-state index is 8.87. The molecule has 0 rings (SSSR count). The first-order valence-corrected chi connectivity index (χ1v) is 4.23. The van der Waals surface area contributed by atoms with Gasteiger partial charge in [-0.1, -0.05) is 13.3 Å². The van der Waals surface area contributed by atoms with E-state index in [0.717, 1.165) is 12.8 Å². The normalized spacial score (nSPS) is 16.4. The van der Waals surface area contributed by atoms with E-state index in [2.05, 4.69) is 12.2 Å². The molecule has 0 aliphatic heterocycles. The summed E-state index contributed by atoms with van der Waals surface area (Å²) in [5.41, 5.74) is 0. The summed E-state index contributed by atoms with van der Waals surface area (Å²) in [4.78, 5) is 0. The molecule has 0 saturated carbocycles. The summed E-state index contributed by atoms with van der Waals surface area (Å²) in [7, 11) is 0. The van der Waals surface area contributed by atoms with Crippen LogP contribution in [0.4, 0.5) is 0 Å². The van der Waals surface area contributed by atoms with Crippen molar-refractivity contribution in [3.8, 4) is 0 Å². The van der Waals surface area contributed by atoms with Gasteiger partial charge in [0.25, 0.3) is 0 Å². The van der Waals surface area contributed by atoms with Crippen LogP contribution >= 0.6 is 0 Å². The lowest BCUT2D eigenvalue weighted by Gasteiger charge is -2.15. The van der Waals surface area contributed by atoms with Crippen LogP contribution in [0.5, 0.6) is 0 Å². The molecule has 0 aliphatic carbocycles. The molecule has 0 aliphatic rings. The average Bonchev–Trinajstić information content (AvgIpc) is 1.97. The molecule has 0 radical (unpaired) electrons. The first kappa shape index (κ1) is 10.9. The summed E-state index contributed by atoms with van der Waals surface area (Å²) in [5.74, 6) is 0.287. The Balaban J connectivity index is 3.35. The number of aliphatic hydroxyl groups excluding tert-OH is 2. The summed E-state index contributed by atoms with van der Waals surface area (Å²) in [6.07, 6.45) is 1.61. The highest BCUT2D eigenvalue weighted by atomic mass is 16.3. The second kappa shape index (κ2) is 6.58. The molecule has 0 heterocycles. The van der Waals surface area contributed by atoms with Gasteiger partial charge in [0.2, 0.25) is 0 Å². The van der Waals surface area contributed by atoms with E-state index in [0.29, 0.717) is 6.54 Å². The Morgan fingerprint density at radius 2 is 2.09 bits per heavy atom. The van der Waals surface area contributed by atoms with Crippen LogP contribution in [-0.4, -0.2) is 29.6 Å². The van der Waals surface area contributed by atoms with Crippen molar-refractivity contribution in [3.05, 3.63) is 0 Å². The van der Waals surface area contributed by atoms with E-state index in [1.807, 2.05) is 0 Å². The predicted molar refractivity (Wildman–Crippen MR) is 45.2 cm³/mol. The smallest absolute Gasteiger partial charge is 0.102 e. The maximum Gasteiger partial charge on any atom is 0.102 e. The van der Waals surface area contributed by atoms with Crippen LogP contribution in [0.2, 0.25) is 0 Å². The Morgan fingerprint density at radius 3 is 2.45 bits per heavy atom. The molecule has 0 amide bonds. The van der Waals surface area contributed by atoms with Gasteiger partial charge in [0.15, 0.2) is 0 Å². The molecule has 2 atom stereocenters. The molecule has 2 unspecified atom stereocenters. The van der Waals surface area contributed by atoms with Crippen molar-refractivity contribution < 1.29 is 10.2 Å². The molecule has 3 heteroatoms. The molecule has 0 aromatic rings. The number of nitrogens with one attached hydrogen (secondary N) is 1. The zero-order valence-corrected chi connectivity index (χ0v) is 7.38. The Hall–Kier alpha value is -0.120. The van der Waals surface area contributed by atoms with E-state index >= 15 is 0 Å². The summed E-state index contributed by atoms with van der Waals surface area (Å²) < 4.78 is 0. The number of rotatable bonds is 6. The van der Waals surface area contributed by atoms with Gasteiger partial charge in [-0.2, -0.15) is 0 Å². The van der Waals surface area contributed by atoms with Crippen LogP contribution < -0.4 is 5.32 Å². The Kier molecular flexibility index (Phi) is 6.51. The van der Waals surface area contributed by atoms with Crippen molar-refractivity contribution in [1.29, 1.82) is 0 Å². The van der Waals surface area contributed by atoms with E-state index in [-0.39, 0.29) is 12.5 Å². The molecule has 0 spiro atoms. The van der Waals surface area contributed by atoms with E-state index in [9.17, 15) is 0 Å². The second-order valence-electron chi connectivity index (χ2n) is 2.92. The van der Waals surface area contributed by atoms with E-state index < -0.39 is 6.23 Å². The second-order valence-corrected chi connectivity index (χ2v) is 2.92. The highest BCUT2D eigenvalue weighted by molar-refractivity contribution is 4.60. The minimum atomic E-state index is -0.471. The number of aliphatic hydroxyl groups is 2.